The van der Waals surface area contributed by atoms with Crippen molar-refractivity contribution in [3.05, 3.63) is 29.3 Å². The summed E-state index contributed by atoms with van der Waals surface area (Å²) in [4.78, 5) is 4.23. The number of guanidine groups is 1. The smallest absolute Gasteiger partial charge is 0.216 e. The zero-order chi connectivity index (χ0) is 20.0. The maximum Gasteiger partial charge on any atom is 0.216 e. The van der Waals surface area contributed by atoms with Crippen LogP contribution in [0, 0.1) is 0 Å². The van der Waals surface area contributed by atoms with Gasteiger partial charge in [-0.25, -0.2) is 8.42 Å². The Morgan fingerprint density at radius 3 is 2.30 bits per heavy atom. The summed E-state index contributed by atoms with van der Waals surface area (Å²) in [6.07, 6.45) is 1.56. The van der Waals surface area contributed by atoms with E-state index < -0.39 is 10.0 Å². The lowest BCUT2D eigenvalue weighted by Crippen LogP contribution is -2.49. The van der Waals surface area contributed by atoms with Gasteiger partial charge in [-0.15, -0.1) is 0 Å². The Morgan fingerprint density at radius 2 is 1.78 bits per heavy atom. The van der Waals surface area contributed by atoms with Crippen LogP contribution < -0.4 is 11.1 Å². The second-order valence-electron chi connectivity index (χ2n) is 6.94. The third-order valence-electron chi connectivity index (χ3n) is 4.66. The summed E-state index contributed by atoms with van der Waals surface area (Å²) in [6, 6.07) is 6.15. The number of para-hydroxylation sites is 1. The molecular weight excluding hydrogens is 364 g/mol. The van der Waals surface area contributed by atoms with Gasteiger partial charge in [-0.3, -0.25) is 4.99 Å². The van der Waals surface area contributed by atoms with Gasteiger partial charge in [0.05, 0.1) is 24.5 Å². The lowest BCUT2D eigenvalue weighted by atomic mass is 10.0. The van der Waals surface area contributed by atoms with Crippen LogP contribution >= 0.6 is 0 Å². The maximum absolute atomic E-state index is 12.6. The number of anilines is 1. The van der Waals surface area contributed by atoms with Gasteiger partial charge in [0.15, 0.2) is 5.96 Å². The number of aliphatic imine (C=N–C) groups is 1. The van der Waals surface area contributed by atoms with Crippen LogP contribution in [0.4, 0.5) is 5.69 Å². The topological polar surface area (TPSA) is 97.0 Å². The lowest BCUT2D eigenvalue weighted by molar-refractivity contribution is -0.0440. The minimum absolute atomic E-state index is 0.0646. The van der Waals surface area contributed by atoms with Crippen LogP contribution in [0.3, 0.4) is 0 Å². The number of hydrogen-bond acceptors (Lipinski definition) is 4. The van der Waals surface area contributed by atoms with Crippen LogP contribution in [0.25, 0.3) is 0 Å². The summed E-state index contributed by atoms with van der Waals surface area (Å²) in [5.41, 5.74) is 9.32. The van der Waals surface area contributed by atoms with Gasteiger partial charge in [0.2, 0.25) is 10.0 Å². The zero-order valence-electron chi connectivity index (χ0n) is 16.7. The Labute approximate surface area is 163 Å². The van der Waals surface area contributed by atoms with Crippen LogP contribution in [0.15, 0.2) is 23.2 Å². The van der Waals surface area contributed by atoms with Crippen molar-refractivity contribution >= 4 is 21.7 Å². The van der Waals surface area contributed by atoms with Crippen LogP contribution in [0.5, 0.6) is 0 Å². The normalized spacial score (nSPS) is 22.0. The third kappa shape index (κ3) is 5.92. The molecule has 0 aliphatic carbocycles. The van der Waals surface area contributed by atoms with Crippen molar-refractivity contribution in [3.8, 4) is 0 Å². The average molecular weight is 397 g/mol. The molecule has 1 aliphatic heterocycles. The number of nitrogens with zero attached hydrogens (tertiary/aromatic N) is 2. The molecule has 152 valence electrons. The van der Waals surface area contributed by atoms with Crippen LogP contribution in [0.2, 0.25) is 0 Å². The van der Waals surface area contributed by atoms with Gasteiger partial charge in [-0.2, -0.15) is 4.31 Å². The number of nitrogens with two attached hydrogens (primary N) is 1. The van der Waals surface area contributed by atoms with Gasteiger partial charge in [0, 0.05) is 18.8 Å². The van der Waals surface area contributed by atoms with Gasteiger partial charge >= 0.3 is 0 Å². The number of benzene rings is 1. The maximum atomic E-state index is 12.6. The molecular formula is C19H32N4O3S. The highest BCUT2D eigenvalue weighted by atomic mass is 32.2. The van der Waals surface area contributed by atoms with Crippen molar-refractivity contribution in [2.45, 2.75) is 52.7 Å². The molecule has 1 heterocycles. The molecule has 2 unspecified atom stereocenters. The van der Waals surface area contributed by atoms with Gasteiger partial charge in [-0.1, -0.05) is 32.0 Å². The van der Waals surface area contributed by atoms with Crippen molar-refractivity contribution in [1.29, 1.82) is 0 Å². The summed E-state index contributed by atoms with van der Waals surface area (Å²) < 4.78 is 32.2. The predicted molar refractivity (Wildman–Crippen MR) is 111 cm³/mol. The first-order chi connectivity index (χ1) is 12.8. The Balaban J connectivity index is 2.00. The van der Waals surface area contributed by atoms with Crippen molar-refractivity contribution in [1.82, 2.24) is 4.31 Å². The molecule has 1 aliphatic rings. The standard InChI is InChI=1S/C19H32N4O3S/c1-5-16-8-7-9-17(6-2)18(16)22-19(20)21-10-11-27(24,25)23-12-14(3)26-15(4)13-23/h7-9,14-15H,5-6,10-13H2,1-4H3,(H3,20,21,22). The molecule has 0 bridgehead atoms. The monoisotopic (exact) mass is 396 g/mol. The quantitative estimate of drug-likeness (QED) is 0.543. The molecule has 1 saturated heterocycles. The fraction of sp³-hybridized carbons (Fsp3) is 0.632. The molecule has 27 heavy (non-hydrogen) atoms. The molecule has 0 radical (unpaired) electrons. The molecule has 7 nitrogen and oxygen atoms in total. The van der Waals surface area contributed by atoms with Crippen molar-refractivity contribution in [3.63, 3.8) is 0 Å². The SMILES string of the molecule is CCc1cccc(CC)c1NC(N)=NCCS(=O)(=O)N1CC(C)OC(C)C1. The summed E-state index contributed by atoms with van der Waals surface area (Å²) >= 11 is 0. The molecule has 2 rings (SSSR count). The molecule has 1 aromatic carbocycles. The van der Waals surface area contributed by atoms with E-state index in [1.807, 2.05) is 19.9 Å². The van der Waals surface area contributed by atoms with Crippen molar-refractivity contribution in [2.75, 3.05) is 30.7 Å². The van der Waals surface area contributed by atoms with Gasteiger partial charge in [0.1, 0.15) is 0 Å². The Hall–Kier alpha value is -1.64. The summed E-state index contributed by atoms with van der Waals surface area (Å²) in [5, 5.41) is 3.16. The molecule has 1 aromatic rings. The largest absolute Gasteiger partial charge is 0.373 e. The van der Waals surface area contributed by atoms with Crippen LogP contribution in [-0.2, 0) is 27.6 Å². The molecule has 3 N–H and O–H groups in total. The fourth-order valence-corrected chi connectivity index (χ4v) is 4.79. The summed E-state index contributed by atoms with van der Waals surface area (Å²) in [6.45, 7) is 8.83. The Bertz CT molecular complexity index is 732. The molecule has 0 aromatic heterocycles. The number of sulfonamides is 1. The Kier molecular flexibility index (Phi) is 7.64. The molecule has 8 heteroatoms. The summed E-state index contributed by atoms with van der Waals surface area (Å²) in [5.74, 6) is 0.176. The van der Waals surface area contributed by atoms with E-state index in [9.17, 15) is 8.42 Å². The molecule has 2 atom stereocenters. The lowest BCUT2D eigenvalue weighted by Gasteiger charge is -2.34. The number of ether oxygens (including phenoxy) is 1. The van der Waals surface area contributed by atoms with E-state index in [1.54, 1.807) is 0 Å². The van der Waals surface area contributed by atoms with E-state index in [1.165, 1.54) is 4.31 Å². The predicted octanol–water partition coefficient (Wildman–Crippen LogP) is 1.98. The van der Waals surface area contributed by atoms with E-state index in [4.69, 9.17) is 10.5 Å². The molecule has 1 fully saturated rings. The number of morpholine rings is 1. The number of aryl methyl sites for hydroxylation is 2. The second-order valence-corrected chi connectivity index (χ2v) is 9.03. The highest BCUT2D eigenvalue weighted by Gasteiger charge is 2.30. The van der Waals surface area contributed by atoms with Crippen LogP contribution in [-0.4, -0.2) is 56.3 Å². The van der Waals surface area contributed by atoms with Gasteiger partial charge < -0.3 is 15.8 Å². The minimum atomic E-state index is -3.38. The number of nitrogens with one attached hydrogen (secondary N) is 1. The van der Waals surface area contributed by atoms with E-state index in [0.717, 1.165) is 29.7 Å². The fourth-order valence-electron chi connectivity index (χ4n) is 3.34. The van der Waals surface area contributed by atoms with E-state index in [2.05, 4.69) is 36.3 Å². The molecule has 0 spiro atoms. The van der Waals surface area contributed by atoms with Crippen molar-refractivity contribution in [2.24, 2.45) is 10.7 Å². The molecule has 0 saturated carbocycles. The van der Waals surface area contributed by atoms with E-state index >= 15 is 0 Å². The first-order valence-corrected chi connectivity index (χ1v) is 11.2. The van der Waals surface area contributed by atoms with Crippen LogP contribution in [0.1, 0.15) is 38.8 Å². The number of rotatable bonds is 7. The number of hydrogen-bond donors (Lipinski definition) is 2. The first kappa shape index (κ1) is 21.7. The van der Waals surface area contributed by atoms with Crippen molar-refractivity contribution < 1.29 is 13.2 Å². The van der Waals surface area contributed by atoms with Gasteiger partial charge in [-0.05, 0) is 37.8 Å². The Morgan fingerprint density at radius 1 is 1.22 bits per heavy atom. The average Bonchev–Trinajstić information content (AvgIpc) is 2.60. The van der Waals surface area contributed by atoms with E-state index in [-0.39, 0.29) is 30.5 Å². The molecule has 0 amide bonds. The second kappa shape index (κ2) is 9.52. The zero-order valence-corrected chi connectivity index (χ0v) is 17.6. The van der Waals surface area contributed by atoms with E-state index in [0.29, 0.717) is 13.1 Å². The summed E-state index contributed by atoms with van der Waals surface area (Å²) in [7, 11) is -3.38. The highest BCUT2D eigenvalue weighted by molar-refractivity contribution is 7.89. The van der Waals surface area contributed by atoms with Gasteiger partial charge in [0.25, 0.3) is 0 Å². The third-order valence-corrected chi connectivity index (χ3v) is 6.45. The minimum Gasteiger partial charge on any atom is -0.373 e. The first-order valence-electron chi connectivity index (χ1n) is 9.57. The highest BCUT2D eigenvalue weighted by Crippen LogP contribution is 2.22.